The number of benzene rings is 2. The van der Waals surface area contributed by atoms with Crippen LogP contribution in [-0.2, 0) is 4.79 Å². The standard InChI is InChI=1S/C20H15N3O4S2/c1-13(11-14-5-3-2-4-6-14)12-17-19(25)22(20(28)29-17)21-18(24)15-7-9-16(10-8-15)23(26)27/h2-12H,1H3,(H,21,24)/b13-11+,17-12-. The van der Waals surface area contributed by atoms with Gasteiger partial charge in [0.05, 0.1) is 9.83 Å². The van der Waals surface area contributed by atoms with E-state index in [0.29, 0.717) is 4.91 Å². The lowest BCUT2D eigenvalue weighted by Gasteiger charge is -2.15. The molecule has 0 atom stereocenters. The molecule has 1 aliphatic heterocycles. The van der Waals surface area contributed by atoms with Crippen molar-refractivity contribution in [3.05, 3.63) is 92.4 Å². The molecule has 0 spiro atoms. The molecule has 146 valence electrons. The Morgan fingerprint density at radius 1 is 1.17 bits per heavy atom. The largest absolute Gasteiger partial charge is 0.285 e. The summed E-state index contributed by atoms with van der Waals surface area (Å²) in [5.74, 6) is -1.02. The maximum atomic E-state index is 12.6. The number of nitro benzene ring substituents is 1. The molecule has 9 heteroatoms. The zero-order valence-corrected chi connectivity index (χ0v) is 16.8. The number of non-ortho nitro benzene ring substituents is 1. The molecule has 0 saturated carbocycles. The highest BCUT2D eigenvalue weighted by molar-refractivity contribution is 8.26. The molecule has 7 nitrogen and oxygen atoms in total. The van der Waals surface area contributed by atoms with Crippen molar-refractivity contribution in [1.82, 2.24) is 10.4 Å². The van der Waals surface area contributed by atoms with Gasteiger partial charge in [-0.3, -0.25) is 25.1 Å². The second-order valence-corrected chi connectivity index (χ2v) is 7.74. The number of thioether (sulfide) groups is 1. The summed E-state index contributed by atoms with van der Waals surface area (Å²) in [7, 11) is 0. The van der Waals surface area contributed by atoms with E-state index in [1.54, 1.807) is 6.08 Å². The monoisotopic (exact) mass is 425 g/mol. The van der Waals surface area contributed by atoms with Gasteiger partial charge < -0.3 is 0 Å². The molecule has 0 radical (unpaired) electrons. The molecule has 1 heterocycles. The number of thiocarbonyl (C=S) groups is 1. The fourth-order valence-electron chi connectivity index (χ4n) is 2.53. The van der Waals surface area contributed by atoms with Crippen LogP contribution in [-0.4, -0.2) is 26.1 Å². The van der Waals surface area contributed by atoms with Gasteiger partial charge in [0, 0.05) is 17.7 Å². The fourth-order valence-corrected chi connectivity index (χ4v) is 3.75. The third-order valence-corrected chi connectivity index (χ3v) is 5.20. The molecule has 29 heavy (non-hydrogen) atoms. The lowest BCUT2D eigenvalue weighted by atomic mass is 10.1. The van der Waals surface area contributed by atoms with Gasteiger partial charge in [-0.05, 0) is 48.5 Å². The Hall–Kier alpha value is -3.30. The molecule has 1 saturated heterocycles. The first-order valence-corrected chi connectivity index (χ1v) is 9.64. The van der Waals surface area contributed by atoms with Crippen molar-refractivity contribution in [3.8, 4) is 0 Å². The highest BCUT2D eigenvalue weighted by Gasteiger charge is 2.33. The summed E-state index contributed by atoms with van der Waals surface area (Å²) in [6.45, 7) is 1.87. The second kappa shape index (κ2) is 8.80. The predicted octanol–water partition coefficient (Wildman–Crippen LogP) is 4.09. The van der Waals surface area contributed by atoms with E-state index in [0.717, 1.165) is 27.9 Å². The maximum Gasteiger partial charge on any atom is 0.285 e. The number of carbonyl (C=O) groups excluding carboxylic acids is 2. The minimum atomic E-state index is -0.589. The highest BCUT2D eigenvalue weighted by atomic mass is 32.2. The third kappa shape index (κ3) is 4.95. The number of hydrogen-bond acceptors (Lipinski definition) is 6. The van der Waals surface area contributed by atoms with Gasteiger partial charge in [-0.1, -0.05) is 48.2 Å². The van der Waals surface area contributed by atoms with Gasteiger partial charge in [0.2, 0.25) is 0 Å². The Labute approximate surface area is 176 Å². The van der Waals surface area contributed by atoms with Gasteiger partial charge in [-0.2, -0.15) is 5.01 Å². The molecule has 2 aromatic rings. The number of nitro groups is 1. The number of hydrogen-bond donors (Lipinski definition) is 1. The summed E-state index contributed by atoms with van der Waals surface area (Å²) in [6, 6.07) is 14.7. The Balaban J connectivity index is 1.72. The Bertz CT molecular complexity index is 1050. The van der Waals surface area contributed by atoms with Crippen LogP contribution >= 0.6 is 24.0 Å². The molecule has 0 aliphatic carbocycles. The number of hydrazine groups is 1. The molecular formula is C20H15N3O4S2. The molecule has 0 aromatic heterocycles. The summed E-state index contributed by atoms with van der Waals surface area (Å²) in [6.07, 6.45) is 3.65. The Morgan fingerprint density at radius 3 is 2.45 bits per heavy atom. The first-order valence-electron chi connectivity index (χ1n) is 8.42. The van der Waals surface area contributed by atoms with Crippen molar-refractivity contribution >= 4 is 51.9 Å². The van der Waals surface area contributed by atoms with Crippen molar-refractivity contribution < 1.29 is 14.5 Å². The van der Waals surface area contributed by atoms with E-state index in [9.17, 15) is 19.7 Å². The Kier molecular flexibility index (Phi) is 6.20. The molecule has 1 aliphatic rings. The van der Waals surface area contributed by atoms with Gasteiger partial charge >= 0.3 is 0 Å². The smallest absolute Gasteiger partial charge is 0.267 e. The van der Waals surface area contributed by atoms with Crippen LogP contribution in [0.4, 0.5) is 5.69 Å². The molecular weight excluding hydrogens is 410 g/mol. The van der Waals surface area contributed by atoms with Crippen LogP contribution in [0.1, 0.15) is 22.8 Å². The molecule has 1 N–H and O–H groups in total. The third-order valence-electron chi connectivity index (χ3n) is 3.90. The summed E-state index contributed by atoms with van der Waals surface area (Å²) < 4.78 is 0.198. The topological polar surface area (TPSA) is 92.6 Å². The Morgan fingerprint density at radius 2 is 1.83 bits per heavy atom. The van der Waals surface area contributed by atoms with Gasteiger partial charge in [0.25, 0.3) is 17.5 Å². The number of rotatable bonds is 5. The summed E-state index contributed by atoms with van der Waals surface area (Å²) in [5.41, 5.74) is 4.36. The van der Waals surface area contributed by atoms with E-state index < -0.39 is 16.7 Å². The number of carbonyl (C=O) groups is 2. The normalized spacial score (nSPS) is 15.7. The molecule has 1 fully saturated rings. The fraction of sp³-hybridized carbons (Fsp3) is 0.0500. The van der Waals surface area contributed by atoms with Gasteiger partial charge in [-0.15, -0.1) is 0 Å². The minimum Gasteiger partial charge on any atom is -0.267 e. The van der Waals surface area contributed by atoms with E-state index in [1.807, 2.05) is 43.3 Å². The summed E-state index contributed by atoms with van der Waals surface area (Å²) >= 11 is 6.29. The van der Waals surface area contributed by atoms with Crippen LogP contribution in [0.2, 0.25) is 0 Å². The van der Waals surface area contributed by atoms with Crippen LogP contribution in [0.3, 0.4) is 0 Å². The van der Waals surface area contributed by atoms with Crippen LogP contribution in [0.15, 0.2) is 71.2 Å². The quantitative estimate of drug-likeness (QED) is 0.336. The highest BCUT2D eigenvalue weighted by Crippen LogP contribution is 2.31. The van der Waals surface area contributed by atoms with Crippen LogP contribution in [0.25, 0.3) is 6.08 Å². The zero-order chi connectivity index (χ0) is 21.0. The summed E-state index contributed by atoms with van der Waals surface area (Å²) in [4.78, 5) is 35.5. The predicted molar refractivity (Wildman–Crippen MR) is 116 cm³/mol. The molecule has 2 amide bonds. The molecule has 3 rings (SSSR count). The van der Waals surface area contributed by atoms with E-state index >= 15 is 0 Å². The molecule has 2 aromatic carbocycles. The van der Waals surface area contributed by atoms with Crippen molar-refractivity contribution in [2.75, 3.05) is 0 Å². The van der Waals surface area contributed by atoms with Crippen LogP contribution in [0, 0.1) is 10.1 Å². The maximum absolute atomic E-state index is 12.6. The van der Waals surface area contributed by atoms with Crippen molar-refractivity contribution in [1.29, 1.82) is 0 Å². The molecule has 0 unspecified atom stereocenters. The van der Waals surface area contributed by atoms with Gasteiger partial charge in [0.15, 0.2) is 4.32 Å². The van der Waals surface area contributed by atoms with E-state index in [-0.39, 0.29) is 15.6 Å². The average molecular weight is 425 g/mol. The first kappa shape index (κ1) is 20.4. The van der Waals surface area contributed by atoms with Gasteiger partial charge in [-0.25, -0.2) is 0 Å². The zero-order valence-electron chi connectivity index (χ0n) is 15.2. The van der Waals surface area contributed by atoms with E-state index in [2.05, 4.69) is 5.43 Å². The second-order valence-electron chi connectivity index (χ2n) is 6.06. The van der Waals surface area contributed by atoms with E-state index in [4.69, 9.17) is 12.2 Å². The number of allylic oxidation sites excluding steroid dienone is 2. The molecule has 0 bridgehead atoms. The van der Waals surface area contributed by atoms with E-state index in [1.165, 1.54) is 24.3 Å². The lowest BCUT2D eigenvalue weighted by Crippen LogP contribution is -2.44. The number of nitrogens with zero attached hydrogens (tertiary/aromatic N) is 2. The van der Waals surface area contributed by atoms with Crippen molar-refractivity contribution in [3.63, 3.8) is 0 Å². The first-order chi connectivity index (χ1) is 13.8. The van der Waals surface area contributed by atoms with Crippen molar-refractivity contribution in [2.24, 2.45) is 0 Å². The van der Waals surface area contributed by atoms with Gasteiger partial charge in [0.1, 0.15) is 0 Å². The van der Waals surface area contributed by atoms with Crippen LogP contribution < -0.4 is 5.43 Å². The average Bonchev–Trinajstić information content (AvgIpc) is 2.96. The lowest BCUT2D eigenvalue weighted by molar-refractivity contribution is -0.384. The van der Waals surface area contributed by atoms with Crippen LogP contribution in [0.5, 0.6) is 0 Å². The minimum absolute atomic E-state index is 0.129. The van der Waals surface area contributed by atoms with Crippen molar-refractivity contribution in [2.45, 2.75) is 6.92 Å². The number of amides is 2. The number of nitrogens with one attached hydrogen (secondary N) is 1. The SMILES string of the molecule is CC(/C=C1\SC(=S)N(NC(=O)c2ccc([N+](=O)[O-])cc2)C1=O)=C\c1ccccc1. The summed E-state index contributed by atoms with van der Waals surface area (Å²) in [5, 5.41) is 11.7.